The average molecular weight is 548 g/mol. The SMILES string of the molecule is Cc1ccc(C)c(N(CCCC(=O)N(Cc2ccc(Cl)cc2)[C@H](C)C(=O)NC2CCCC2)S(C)(=O)=O)c1. The van der Waals surface area contributed by atoms with E-state index in [1.165, 1.54) is 10.6 Å². The van der Waals surface area contributed by atoms with Gasteiger partial charge in [0.2, 0.25) is 21.8 Å². The predicted octanol–water partition coefficient (Wildman–Crippen LogP) is 4.98. The molecule has 37 heavy (non-hydrogen) atoms. The maximum Gasteiger partial charge on any atom is 0.242 e. The number of aryl methyl sites for hydroxylation is 2. The zero-order chi connectivity index (χ0) is 27.2. The average Bonchev–Trinajstić information content (AvgIpc) is 3.35. The molecule has 0 aliphatic heterocycles. The Labute approximate surface area is 226 Å². The second-order valence-electron chi connectivity index (χ2n) is 10.0. The van der Waals surface area contributed by atoms with Crippen molar-refractivity contribution in [2.24, 2.45) is 0 Å². The van der Waals surface area contributed by atoms with Crippen molar-refractivity contribution < 1.29 is 18.0 Å². The lowest BCUT2D eigenvalue weighted by Crippen LogP contribution is -2.49. The fourth-order valence-corrected chi connectivity index (χ4v) is 5.87. The normalized spacial score (nSPS) is 14.8. The summed E-state index contributed by atoms with van der Waals surface area (Å²) in [6.07, 6.45) is 5.75. The second-order valence-corrected chi connectivity index (χ2v) is 12.4. The van der Waals surface area contributed by atoms with Gasteiger partial charge in [0.15, 0.2) is 0 Å². The molecule has 1 aliphatic rings. The Morgan fingerprint density at radius 2 is 1.73 bits per heavy atom. The Hall–Kier alpha value is -2.58. The van der Waals surface area contributed by atoms with Gasteiger partial charge in [0.1, 0.15) is 6.04 Å². The van der Waals surface area contributed by atoms with E-state index in [1.54, 1.807) is 24.0 Å². The molecule has 1 atom stereocenters. The Balaban J connectivity index is 1.73. The number of amides is 2. The number of halogens is 1. The smallest absolute Gasteiger partial charge is 0.242 e. The van der Waals surface area contributed by atoms with Gasteiger partial charge in [-0.15, -0.1) is 0 Å². The molecule has 2 amide bonds. The van der Waals surface area contributed by atoms with Crippen molar-refractivity contribution in [3.05, 3.63) is 64.2 Å². The quantitative estimate of drug-likeness (QED) is 0.430. The van der Waals surface area contributed by atoms with Crippen molar-refractivity contribution in [1.29, 1.82) is 0 Å². The Kier molecular flexibility index (Phi) is 10.0. The molecule has 0 saturated heterocycles. The lowest BCUT2D eigenvalue weighted by Gasteiger charge is -2.30. The first-order chi connectivity index (χ1) is 17.5. The number of hydrogen-bond acceptors (Lipinski definition) is 4. The lowest BCUT2D eigenvalue weighted by molar-refractivity contribution is -0.141. The van der Waals surface area contributed by atoms with Crippen LogP contribution in [0.25, 0.3) is 0 Å². The van der Waals surface area contributed by atoms with Crippen molar-refractivity contribution >= 4 is 39.1 Å². The molecule has 0 heterocycles. The van der Waals surface area contributed by atoms with Crippen LogP contribution in [-0.4, -0.2) is 50.0 Å². The van der Waals surface area contributed by atoms with E-state index in [0.29, 0.717) is 17.1 Å². The zero-order valence-corrected chi connectivity index (χ0v) is 23.7. The summed E-state index contributed by atoms with van der Waals surface area (Å²) < 4.78 is 26.6. The monoisotopic (exact) mass is 547 g/mol. The first kappa shape index (κ1) is 29.0. The van der Waals surface area contributed by atoms with Crippen LogP contribution in [0.1, 0.15) is 62.1 Å². The van der Waals surface area contributed by atoms with E-state index in [1.807, 2.05) is 44.2 Å². The minimum atomic E-state index is -3.54. The van der Waals surface area contributed by atoms with Crippen LogP contribution < -0.4 is 9.62 Å². The van der Waals surface area contributed by atoms with Gasteiger partial charge >= 0.3 is 0 Å². The molecule has 202 valence electrons. The summed E-state index contributed by atoms with van der Waals surface area (Å²) in [5, 5.41) is 3.69. The summed E-state index contributed by atoms with van der Waals surface area (Å²) in [7, 11) is -3.54. The molecular weight excluding hydrogens is 510 g/mol. The topological polar surface area (TPSA) is 86.8 Å². The fourth-order valence-electron chi connectivity index (χ4n) is 4.73. The van der Waals surface area contributed by atoms with Crippen LogP contribution in [0, 0.1) is 13.8 Å². The molecule has 0 radical (unpaired) electrons. The predicted molar refractivity (Wildman–Crippen MR) is 149 cm³/mol. The number of nitrogens with zero attached hydrogens (tertiary/aromatic N) is 2. The molecule has 7 nitrogen and oxygen atoms in total. The van der Waals surface area contributed by atoms with Crippen molar-refractivity contribution in [3.63, 3.8) is 0 Å². The summed E-state index contributed by atoms with van der Waals surface area (Å²) in [5.41, 5.74) is 3.30. The molecular formula is C28H38ClN3O4S. The maximum atomic E-state index is 13.4. The third-order valence-electron chi connectivity index (χ3n) is 6.92. The molecule has 0 unspecified atom stereocenters. The van der Waals surface area contributed by atoms with Crippen molar-refractivity contribution in [2.75, 3.05) is 17.1 Å². The van der Waals surface area contributed by atoms with Crippen LogP contribution in [0.2, 0.25) is 5.02 Å². The third kappa shape index (κ3) is 8.20. The molecule has 0 bridgehead atoms. The number of benzene rings is 2. The van der Waals surface area contributed by atoms with E-state index in [2.05, 4.69) is 5.32 Å². The number of nitrogens with one attached hydrogen (secondary N) is 1. The molecule has 3 rings (SSSR count). The molecule has 1 N–H and O–H groups in total. The highest BCUT2D eigenvalue weighted by Gasteiger charge is 2.29. The van der Waals surface area contributed by atoms with Gasteiger partial charge in [0, 0.05) is 30.6 Å². The van der Waals surface area contributed by atoms with Gasteiger partial charge in [-0.1, -0.05) is 48.7 Å². The van der Waals surface area contributed by atoms with Gasteiger partial charge in [0.25, 0.3) is 0 Å². The summed E-state index contributed by atoms with van der Waals surface area (Å²) in [5.74, 6) is -0.360. The molecule has 1 saturated carbocycles. The molecule has 2 aromatic rings. The van der Waals surface area contributed by atoms with Crippen LogP contribution in [-0.2, 0) is 26.2 Å². The van der Waals surface area contributed by atoms with Gasteiger partial charge in [0.05, 0.1) is 11.9 Å². The van der Waals surface area contributed by atoms with Gasteiger partial charge in [-0.05, 0) is 74.9 Å². The van der Waals surface area contributed by atoms with E-state index >= 15 is 0 Å². The zero-order valence-electron chi connectivity index (χ0n) is 22.2. The lowest BCUT2D eigenvalue weighted by atomic mass is 10.1. The van der Waals surface area contributed by atoms with Crippen LogP contribution >= 0.6 is 11.6 Å². The van der Waals surface area contributed by atoms with Crippen LogP contribution in [0.3, 0.4) is 0 Å². The Bertz CT molecular complexity index is 1190. The Morgan fingerprint density at radius 1 is 1.08 bits per heavy atom. The number of sulfonamides is 1. The standard InChI is InChI=1S/C28H38ClN3O4S/c1-20-11-12-21(2)26(18-20)32(37(4,35)36)17-7-10-27(33)31(19-23-13-15-24(29)16-14-23)22(3)28(34)30-25-8-5-6-9-25/h11-16,18,22,25H,5-10,17,19H2,1-4H3,(H,30,34)/t22-/m1/s1. The molecule has 1 fully saturated rings. The first-order valence-corrected chi connectivity index (χ1v) is 15.1. The summed E-state index contributed by atoms with van der Waals surface area (Å²) in [4.78, 5) is 28.1. The molecule has 0 spiro atoms. The van der Waals surface area contributed by atoms with Crippen molar-refractivity contribution in [2.45, 2.75) is 77.9 Å². The van der Waals surface area contributed by atoms with E-state index in [-0.39, 0.29) is 37.4 Å². The summed E-state index contributed by atoms with van der Waals surface area (Å²) in [6.45, 7) is 5.97. The highest BCUT2D eigenvalue weighted by Crippen LogP contribution is 2.25. The molecule has 2 aromatic carbocycles. The minimum absolute atomic E-state index is 0.117. The van der Waals surface area contributed by atoms with Crippen molar-refractivity contribution in [3.8, 4) is 0 Å². The fraction of sp³-hybridized carbons (Fsp3) is 0.500. The van der Waals surface area contributed by atoms with Gasteiger partial charge in [-0.2, -0.15) is 0 Å². The van der Waals surface area contributed by atoms with Crippen LogP contribution in [0.5, 0.6) is 0 Å². The molecule has 9 heteroatoms. The highest BCUT2D eigenvalue weighted by molar-refractivity contribution is 7.92. The first-order valence-electron chi connectivity index (χ1n) is 12.8. The highest BCUT2D eigenvalue weighted by atomic mass is 35.5. The van der Waals surface area contributed by atoms with E-state index < -0.39 is 16.1 Å². The second kappa shape index (κ2) is 12.8. The van der Waals surface area contributed by atoms with Crippen LogP contribution in [0.15, 0.2) is 42.5 Å². The number of anilines is 1. The van der Waals surface area contributed by atoms with Gasteiger partial charge in [-0.25, -0.2) is 8.42 Å². The van der Waals surface area contributed by atoms with E-state index in [0.717, 1.165) is 42.4 Å². The minimum Gasteiger partial charge on any atom is -0.352 e. The van der Waals surface area contributed by atoms with E-state index in [4.69, 9.17) is 11.6 Å². The molecule has 0 aromatic heterocycles. The molecule has 1 aliphatic carbocycles. The summed E-state index contributed by atoms with van der Waals surface area (Å²) in [6, 6.07) is 12.4. The number of carbonyl (C=O) groups is 2. The van der Waals surface area contributed by atoms with E-state index in [9.17, 15) is 18.0 Å². The number of hydrogen-bond donors (Lipinski definition) is 1. The summed E-state index contributed by atoms with van der Waals surface area (Å²) >= 11 is 6.03. The maximum absolute atomic E-state index is 13.4. The number of carbonyl (C=O) groups excluding carboxylic acids is 2. The largest absolute Gasteiger partial charge is 0.352 e. The number of rotatable bonds is 11. The van der Waals surface area contributed by atoms with Crippen molar-refractivity contribution in [1.82, 2.24) is 10.2 Å². The Morgan fingerprint density at radius 3 is 2.35 bits per heavy atom. The van der Waals surface area contributed by atoms with Gasteiger partial charge in [-0.3, -0.25) is 13.9 Å². The van der Waals surface area contributed by atoms with Crippen LogP contribution in [0.4, 0.5) is 5.69 Å². The third-order valence-corrected chi connectivity index (χ3v) is 8.35. The van der Waals surface area contributed by atoms with Gasteiger partial charge < -0.3 is 10.2 Å².